The van der Waals surface area contributed by atoms with Crippen LogP contribution in [-0.2, 0) is 14.9 Å². The molecule has 0 radical (unpaired) electrons. The molecule has 1 saturated heterocycles. The predicted octanol–water partition coefficient (Wildman–Crippen LogP) is 3.99. The Balaban J connectivity index is 0.000000840. The number of guanidine groups is 1. The van der Waals surface area contributed by atoms with Crippen LogP contribution in [0.3, 0.4) is 0 Å². The lowest BCUT2D eigenvalue weighted by Crippen LogP contribution is -2.43. The summed E-state index contributed by atoms with van der Waals surface area (Å²) < 4.78 is 37.5. The summed E-state index contributed by atoms with van der Waals surface area (Å²) in [5.74, 6) is 0.425. The van der Waals surface area contributed by atoms with Gasteiger partial charge in [0.1, 0.15) is 16.4 Å². The molecular weight excluding hydrogens is 482 g/mol. The Morgan fingerprint density at radius 3 is 2.36 bits per heavy atom. The van der Waals surface area contributed by atoms with Gasteiger partial charge in [-0.2, -0.15) is 8.42 Å². The van der Waals surface area contributed by atoms with Crippen molar-refractivity contribution in [1.82, 2.24) is 4.90 Å². The molecule has 10 heteroatoms. The smallest absolute Gasteiger partial charge is 0.339 e. The highest BCUT2D eigenvalue weighted by Crippen LogP contribution is 2.29. The van der Waals surface area contributed by atoms with E-state index in [4.69, 9.17) is 30.0 Å². The lowest BCUT2D eigenvalue weighted by molar-refractivity contribution is -0.134. The Morgan fingerprint density at radius 1 is 1.08 bits per heavy atom. The summed E-state index contributed by atoms with van der Waals surface area (Å²) in [6, 6.07) is 17.6. The van der Waals surface area contributed by atoms with Gasteiger partial charge in [0.15, 0.2) is 5.96 Å². The molecular formula is C26H31N3O6S. The molecule has 36 heavy (non-hydrogen) atoms. The summed E-state index contributed by atoms with van der Waals surface area (Å²) in [7, 11) is -4.02. The van der Waals surface area contributed by atoms with Crippen LogP contribution in [0.25, 0.3) is 10.8 Å². The maximum absolute atomic E-state index is 13.0. The molecule has 0 bridgehead atoms. The molecule has 0 spiro atoms. The van der Waals surface area contributed by atoms with E-state index in [0.29, 0.717) is 23.7 Å². The number of nitrogens with one attached hydrogen (secondary N) is 1. The van der Waals surface area contributed by atoms with Crippen LogP contribution in [0.4, 0.5) is 0 Å². The van der Waals surface area contributed by atoms with Gasteiger partial charge in [-0.3, -0.25) is 10.2 Å². The fourth-order valence-corrected chi connectivity index (χ4v) is 5.13. The zero-order valence-corrected chi connectivity index (χ0v) is 21.1. The van der Waals surface area contributed by atoms with Crippen LogP contribution in [0.1, 0.15) is 25.3 Å². The van der Waals surface area contributed by atoms with Gasteiger partial charge >= 0.3 is 10.1 Å². The first-order chi connectivity index (χ1) is 17.0. The summed E-state index contributed by atoms with van der Waals surface area (Å²) in [5, 5.41) is 16.4. The molecule has 1 fully saturated rings. The van der Waals surface area contributed by atoms with Crippen molar-refractivity contribution in [2.45, 2.75) is 31.6 Å². The third-order valence-electron chi connectivity index (χ3n) is 5.69. The molecule has 4 N–H and O–H groups in total. The molecule has 0 saturated carbocycles. The third kappa shape index (κ3) is 7.35. The number of carbonyl (C=O) groups is 1. The monoisotopic (exact) mass is 513 g/mol. The van der Waals surface area contributed by atoms with Gasteiger partial charge in [0.05, 0.1) is 6.61 Å². The molecule has 192 valence electrons. The van der Waals surface area contributed by atoms with Gasteiger partial charge in [-0.15, -0.1) is 0 Å². The highest BCUT2D eigenvalue weighted by atomic mass is 32.2. The van der Waals surface area contributed by atoms with Crippen molar-refractivity contribution in [2.75, 3.05) is 19.7 Å². The summed E-state index contributed by atoms with van der Waals surface area (Å²) >= 11 is 0. The van der Waals surface area contributed by atoms with Crippen LogP contribution in [0.15, 0.2) is 65.6 Å². The standard InChI is InChI=1S/C24H27N3O4S.C2H4O2/c1-17-13-20(30-16-18-9-11-27(12-10-18)24(25)26)15-21(14-17)31-32(28,29)23-8-4-6-19-5-2-3-7-22(19)23;1-2(3)4/h2-8,13-15,18H,9-12,16H2,1H3,(H3,25,26);1H3,(H,3,4). The van der Waals surface area contributed by atoms with Crippen molar-refractivity contribution in [3.8, 4) is 11.5 Å². The number of fused-ring (bicyclic) bond motifs is 1. The van der Waals surface area contributed by atoms with Crippen LogP contribution in [0.2, 0.25) is 0 Å². The topological polar surface area (TPSA) is 143 Å². The van der Waals surface area contributed by atoms with Crippen molar-refractivity contribution < 1.29 is 27.2 Å². The van der Waals surface area contributed by atoms with Crippen LogP contribution in [0.5, 0.6) is 11.5 Å². The number of carboxylic acid groups (broad SMARTS) is 1. The van der Waals surface area contributed by atoms with E-state index in [1.807, 2.05) is 36.1 Å². The fourth-order valence-electron chi connectivity index (χ4n) is 3.99. The van der Waals surface area contributed by atoms with Crippen molar-refractivity contribution >= 4 is 32.8 Å². The number of aryl methyl sites for hydroxylation is 1. The molecule has 0 aromatic heterocycles. The summed E-state index contributed by atoms with van der Waals surface area (Å²) in [6.45, 7) is 4.96. The van der Waals surface area contributed by atoms with Gasteiger partial charge < -0.3 is 24.7 Å². The molecule has 3 aromatic rings. The number of rotatable bonds is 6. The van der Waals surface area contributed by atoms with E-state index in [-0.39, 0.29) is 16.6 Å². The zero-order valence-electron chi connectivity index (χ0n) is 20.3. The third-order valence-corrected chi connectivity index (χ3v) is 7.00. The van der Waals surface area contributed by atoms with Gasteiger partial charge in [0.2, 0.25) is 0 Å². The SMILES string of the molecule is CC(=O)O.Cc1cc(OCC2CCN(C(=N)N)CC2)cc(OS(=O)(=O)c2cccc3ccccc23)c1. The second-order valence-electron chi connectivity index (χ2n) is 8.64. The molecule has 3 aromatic carbocycles. The maximum atomic E-state index is 13.0. The van der Waals surface area contributed by atoms with Crippen molar-refractivity contribution in [2.24, 2.45) is 11.7 Å². The van der Waals surface area contributed by atoms with E-state index in [9.17, 15) is 8.42 Å². The van der Waals surface area contributed by atoms with E-state index < -0.39 is 16.1 Å². The second-order valence-corrected chi connectivity index (χ2v) is 10.2. The summed E-state index contributed by atoms with van der Waals surface area (Å²) in [4.78, 5) is 11.0. The normalized spacial score (nSPS) is 14.0. The molecule has 4 rings (SSSR count). The van der Waals surface area contributed by atoms with Crippen LogP contribution < -0.4 is 14.7 Å². The quantitative estimate of drug-likeness (QED) is 0.255. The van der Waals surface area contributed by atoms with Gasteiger partial charge in [-0.05, 0) is 54.8 Å². The number of nitrogens with two attached hydrogens (primary N) is 1. The Morgan fingerprint density at radius 2 is 1.69 bits per heavy atom. The summed E-state index contributed by atoms with van der Waals surface area (Å²) in [6.07, 6.45) is 1.79. The van der Waals surface area contributed by atoms with Gasteiger partial charge in [0.25, 0.3) is 5.97 Å². The number of benzene rings is 3. The first kappa shape index (κ1) is 26.8. The first-order valence-corrected chi connectivity index (χ1v) is 12.9. The molecule has 9 nitrogen and oxygen atoms in total. The number of ether oxygens (including phenoxy) is 1. The lowest BCUT2D eigenvalue weighted by atomic mass is 9.98. The lowest BCUT2D eigenvalue weighted by Gasteiger charge is -2.32. The van der Waals surface area contributed by atoms with Gasteiger partial charge in [-0.1, -0.05) is 36.4 Å². The Kier molecular flexibility index (Phi) is 8.76. The van der Waals surface area contributed by atoms with Gasteiger partial charge in [0, 0.05) is 31.5 Å². The van der Waals surface area contributed by atoms with Crippen LogP contribution >= 0.6 is 0 Å². The molecule has 0 amide bonds. The van der Waals surface area contributed by atoms with Crippen molar-refractivity contribution in [1.29, 1.82) is 5.41 Å². The highest BCUT2D eigenvalue weighted by Gasteiger charge is 2.22. The van der Waals surface area contributed by atoms with Crippen LogP contribution in [0, 0.1) is 18.3 Å². The fraction of sp³-hybridized carbons (Fsp3) is 0.308. The van der Waals surface area contributed by atoms with E-state index >= 15 is 0 Å². The molecule has 1 aliphatic heterocycles. The number of likely N-dealkylation sites (tertiary alicyclic amines) is 1. The zero-order chi connectivity index (χ0) is 26.3. The Labute approximate surface area is 211 Å². The van der Waals surface area contributed by atoms with Crippen molar-refractivity contribution in [3.63, 3.8) is 0 Å². The highest BCUT2D eigenvalue weighted by molar-refractivity contribution is 7.87. The molecule has 1 aliphatic rings. The number of carboxylic acids is 1. The molecule has 1 heterocycles. The number of piperidine rings is 1. The number of aliphatic carboxylic acids is 1. The first-order valence-electron chi connectivity index (χ1n) is 11.5. The average molecular weight is 514 g/mol. The maximum Gasteiger partial charge on any atom is 0.339 e. The predicted molar refractivity (Wildman–Crippen MR) is 138 cm³/mol. The average Bonchev–Trinajstić information content (AvgIpc) is 2.81. The minimum atomic E-state index is -4.02. The Hall–Kier alpha value is -3.79. The van der Waals surface area contributed by atoms with E-state index in [1.54, 1.807) is 36.4 Å². The largest absolute Gasteiger partial charge is 0.493 e. The number of hydrogen-bond acceptors (Lipinski definition) is 6. The second kappa shape index (κ2) is 11.8. The molecule has 0 unspecified atom stereocenters. The molecule has 0 atom stereocenters. The van der Waals surface area contributed by atoms with Crippen LogP contribution in [-0.4, -0.2) is 50.0 Å². The van der Waals surface area contributed by atoms with E-state index in [0.717, 1.165) is 43.8 Å². The van der Waals surface area contributed by atoms with E-state index in [2.05, 4.69) is 0 Å². The minimum absolute atomic E-state index is 0.109. The number of nitrogens with zero attached hydrogens (tertiary/aromatic N) is 1. The van der Waals surface area contributed by atoms with E-state index in [1.165, 1.54) is 0 Å². The van der Waals surface area contributed by atoms with Gasteiger partial charge in [-0.25, -0.2) is 0 Å². The number of hydrogen-bond donors (Lipinski definition) is 3. The minimum Gasteiger partial charge on any atom is -0.493 e. The molecule has 0 aliphatic carbocycles. The Bertz CT molecular complexity index is 1330. The van der Waals surface area contributed by atoms with Crippen molar-refractivity contribution in [3.05, 3.63) is 66.2 Å². The summed E-state index contributed by atoms with van der Waals surface area (Å²) in [5.41, 5.74) is 6.39.